The molecule has 1 aromatic carbocycles. The van der Waals surface area contributed by atoms with Crippen LogP contribution in [0.15, 0.2) is 41.3 Å². The number of benzene rings is 1. The summed E-state index contributed by atoms with van der Waals surface area (Å²) in [6.07, 6.45) is 5.20. The van der Waals surface area contributed by atoms with Gasteiger partial charge in [-0.15, -0.1) is 0 Å². The smallest absolute Gasteiger partial charge is 0.325 e. The first kappa shape index (κ1) is 18.2. The number of aromatic nitrogens is 3. The molecule has 2 aromatic heterocycles. The third-order valence-electron chi connectivity index (χ3n) is 4.77. The van der Waals surface area contributed by atoms with E-state index in [4.69, 9.17) is 11.6 Å². The highest BCUT2D eigenvalue weighted by Gasteiger charge is 2.32. The maximum atomic E-state index is 12.1. The van der Waals surface area contributed by atoms with Crippen LogP contribution in [0, 0.1) is 0 Å². The predicted octanol–water partition coefficient (Wildman–Crippen LogP) is 3.32. The second kappa shape index (κ2) is 7.46. The number of carboxylic acids is 1. The monoisotopic (exact) mass is 449 g/mol. The Labute approximate surface area is 169 Å². The van der Waals surface area contributed by atoms with Crippen molar-refractivity contribution in [2.75, 3.05) is 31.1 Å². The van der Waals surface area contributed by atoms with Gasteiger partial charge in [-0.25, -0.2) is 9.97 Å². The van der Waals surface area contributed by atoms with Gasteiger partial charge in [0.15, 0.2) is 0 Å². The molecule has 0 aliphatic carbocycles. The number of carboxylic acid groups (broad SMARTS) is 1. The van der Waals surface area contributed by atoms with Gasteiger partial charge < -0.3 is 15.0 Å². The summed E-state index contributed by atoms with van der Waals surface area (Å²) in [6.45, 7) is 2.55. The maximum Gasteiger partial charge on any atom is 0.325 e. The van der Waals surface area contributed by atoms with Gasteiger partial charge in [0, 0.05) is 66.3 Å². The normalized spacial score (nSPS) is 16.6. The van der Waals surface area contributed by atoms with E-state index >= 15 is 0 Å². The van der Waals surface area contributed by atoms with Gasteiger partial charge in [-0.3, -0.25) is 9.69 Å². The van der Waals surface area contributed by atoms with Crippen molar-refractivity contribution in [3.8, 4) is 0 Å². The van der Waals surface area contributed by atoms with E-state index in [9.17, 15) is 9.90 Å². The Morgan fingerprint density at radius 3 is 2.59 bits per heavy atom. The van der Waals surface area contributed by atoms with Crippen molar-refractivity contribution in [1.82, 2.24) is 19.9 Å². The van der Waals surface area contributed by atoms with Crippen LogP contribution in [0.25, 0.3) is 10.9 Å². The van der Waals surface area contributed by atoms with Crippen LogP contribution in [-0.4, -0.2) is 57.1 Å². The van der Waals surface area contributed by atoms with Crippen LogP contribution < -0.4 is 4.90 Å². The Bertz CT molecular complexity index is 970. The minimum atomic E-state index is -0.862. The van der Waals surface area contributed by atoms with Crippen molar-refractivity contribution < 1.29 is 9.90 Å². The van der Waals surface area contributed by atoms with Gasteiger partial charge in [0.1, 0.15) is 6.04 Å². The highest BCUT2D eigenvalue weighted by molar-refractivity contribution is 9.10. The van der Waals surface area contributed by atoms with E-state index in [2.05, 4.69) is 35.8 Å². The number of hydrogen-bond donors (Lipinski definition) is 2. The number of anilines is 1. The topological polar surface area (TPSA) is 85.4 Å². The molecule has 0 saturated carbocycles. The van der Waals surface area contributed by atoms with Gasteiger partial charge in [-0.2, -0.15) is 0 Å². The summed E-state index contributed by atoms with van der Waals surface area (Å²) in [7, 11) is 0. The largest absolute Gasteiger partial charge is 0.480 e. The van der Waals surface area contributed by atoms with Crippen molar-refractivity contribution in [2.45, 2.75) is 6.04 Å². The number of nitrogens with one attached hydrogen (secondary N) is 1. The van der Waals surface area contributed by atoms with Crippen LogP contribution in [0.4, 0.5) is 5.95 Å². The van der Waals surface area contributed by atoms with Gasteiger partial charge in [-0.05, 0) is 28.1 Å². The molecule has 9 heteroatoms. The second-order valence-corrected chi connectivity index (χ2v) is 7.75. The minimum Gasteiger partial charge on any atom is -0.480 e. The Morgan fingerprint density at radius 1 is 1.22 bits per heavy atom. The number of H-pyrrole nitrogens is 1. The summed E-state index contributed by atoms with van der Waals surface area (Å²) in [4.78, 5) is 27.9. The number of rotatable bonds is 4. The van der Waals surface area contributed by atoms with Crippen molar-refractivity contribution in [2.24, 2.45) is 0 Å². The first-order valence-corrected chi connectivity index (χ1v) is 9.66. The maximum absolute atomic E-state index is 12.1. The number of hydrogen-bond acceptors (Lipinski definition) is 5. The fraction of sp³-hybridized carbons (Fsp3) is 0.278. The fourth-order valence-corrected chi connectivity index (χ4v) is 3.86. The second-order valence-electron chi connectivity index (χ2n) is 6.40. The third kappa shape index (κ3) is 3.65. The molecule has 1 aliphatic heterocycles. The first-order valence-electron chi connectivity index (χ1n) is 8.49. The summed E-state index contributed by atoms with van der Waals surface area (Å²) in [5.41, 5.74) is 1.59. The van der Waals surface area contributed by atoms with Gasteiger partial charge >= 0.3 is 5.97 Å². The van der Waals surface area contributed by atoms with E-state index in [0.717, 1.165) is 20.9 Å². The van der Waals surface area contributed by atoms with Gasteiger partial charge in [0.05, 0.1) is 4.47 Å². The molecule has 1 aliphatic rings. The van der Waals surface area contributed by atoms with E-state index in [-0.39, 0.29) is 0 Å². The van der Waals surface area contributed by atoms with Crippen molar-refractivity contribution in [3.05, 3.63) is 51.8 Å². The van der Waals surface area contributed by atoms with Crippen LogP contribution in [0.1, 0.15) is 11.6 Å². The standard InChI is InChI=1S/C18H17BrClN5O2/c19-11-8-22-18(23-9-11)25-5-3-24(4-6-25)16(17(26)27)14-10-21-15-7-12(20)1-2-13(14)15/h1-2,7-10,16,21H,3-6H2,(H,26,27)/t16-/m0/s1. The van der Waals surface area contributed by atoms with Crippen LogP contribution in [0.3, 0.4) is 0 Å². The molecule has 7 nitrogen and oxygen atoms in total. The van der Waals surface area contributed by atoms with E-state index < -0.39 is 12.0 Å². The molecule has 3 aromatic rings. The van der Waals surface area contributed by atoms with Crippen molar-refractivity contribution in [3.63, 3.8) is 0 Å². The van der Waals surface area contributed by atoms with E-state index in [1.165, 1.54) is 0 Å². The molecule has 0 spiro atoms. The molecule has 0 amide bonds. The number of carbonyl (C=O) groups is 1. The quantitative estimate of drug-likeness (QED) is 0.634. The van der Waals surface area contributed by atoms with Gasteiger partial charge in [-0.1, -0.05) is 17.7 Å². The van der Waals surface area contributed by atoms with Crippen LogP contribution in [0.2, 0.25) is 5.02 Å². The van der Waals surface area contributed by atoms with Gasteiger partial charge in [0.2, 0.25) is 5.95 Å². The Kier molecular flexibility index (Phi) is 5.03. The van der Waals surface area contributed by atoms with Crippen LogP contribution in [0.5, 0.6) is 0 Å². The number of aromatic amines is 1. The minimum absolute atomic E-state index is 0.608. The molecule has 140 valence electrons. The van der Waals surface area contributed by atoms with Crippen molar-refractivity contribution in [1.29, 1.82) is 0 Å². The van der Waals surface area contributed by atoms with Crippen LogP contribution >= 0.6 is 27.5 Å². The molecule has 0 unspecified atom stereocenters. The number of aliphatic carboxylic acids is 1. The molecule has 0 radical (unpaired) electrons. The van der Waals surface area contributed by atoms with Crippen LogP contribution in [-0.2, 0) is 4.79 Å². The Morgan fingerprint density at radius 2 is 1.93 bits per heavy atom. The SMILES string of the molecule is O=C(O)[C@H](c1c[nH]c2cc(Cl)ccc12)N1CCN(c2ncc(Br)cn2)CC1. The first-order chi connectivity index (χ1) is 13.0. The summed E-state index contributed by atoms with van der Waals surface area (Å²) < 4.78 is 0.829. The Balaban J connectivity index is 1.55. The van der Waals surface area contributed by atoms with Gasteiger partial charge in [0.25, 0.3) is 0 Å². The lowest BCUT2D eigenvalue weighted by atomic mass is 10.0. The highest BCUT2D eigenvalue weighted by atomic mass is 79.9. The zero-order valence-corrected chi connectivity index (χ0v) is 16.6. The third-order valence-corrected chi connectivity index (χ3v) is 5.42. The number of nitrogens with zero attached hydrogens (tertiary/aromatic N) is 4. The summed E-state index contributed by atoms with van der Waals surface area (Å²) in [5, 5.41) is 11.4. The summed E-state index contributed by atoms with van der Waals surface area (Å²) in [6, 6.07) is 4.74. The average Bonchev–Trinajstić information content (AvgIpc) is 3.05. The Hall–Kier alpha value is -2.16. The molecule has 3 heterocycles. The molecule has 1 saturated heterocycles. The molecule has 1 fully saturated rings. The zero-order chi connectivity index (χ0) is 19.0. The highest BCUT2D eigenvalue weighted by Crippen LogP contribution is 2.31. The molecule has 2 N–H and O–H groups in total. The summed E-state index contributed by atoms with van der Waals surface area (Å²) >= 11 is 9.37. The molecular formula is C18H17BrClN5O2. The number of fused-ring (bicyclic) bond motifs is 1. The molecular weight excluding hydrogens is 434 g/mol. The molecule has 27 heavy (non-hydrogen) atoms. The number of halogens is 2. The molecule has 1 atom stereocenters. The summed E-state index contributed by atoms with van der Waals surface area (Å²) in [5.74, 6) is -0.203. The lowest BCUT2D eigenvalue weighted by molar-refractivity contribution is -0.143. The number of piperazine rings is 1. The fourth-order valence-electron chi connectivity index (χ4n) is 3.48. The van der Waals surface area contributed by atoms with E-state index in [1.54, 1.807) is 24.7 Å². The van der Waals surface area contributed by atoms with E-state index in [0.29, 0.717) is 37.1 Å². The van der Waals surface area contributed by atoms with Crippen molar-refractivity contribution >= 4 is 50.4 Å². The lowest BCUT2D eigenvalue weighted by Gasteiger charge is -2.37. The lowest BCUT2D eigenvalue weighted by Crippen LogP contribution is -2.49. The zero-order valence-electron chi connectivity index (χ0n) is 14.3. The average molecular weight is 451 g/mol. The van der Waals surface area contributed by atoms with E-state index in [1.807, 2.05) is 17.0 Å². The molecule has 4 rings (SSSR count). The predicted molar refractivity (Wildman–Crippen MR) is 107 cm³/mol. The molecule has 0 bridgehead atoms.